The van der Waals surface area contributed by atoms with Crippen LogP contribution in [-0.4, -0.2) is 49.9 Å². The Hall–Kier alpha value is -3.56. The van der Waals surface area contributed by atoms with E-state index in [1.807, 2.05) is 28.9 Å². The van der Waals surface area contributed by atoms with Crippen molar-refractivity contribution in [2.75, 3.05) is 13.7 Å². The number of nitrogens with zero attached hydrogens (tertiary/aromatic N) is 5. The van der Waals surface area contributed by atoms with Crippen molar-refractivity contribution in [3.63, 3.8) is 0 Å². The van der Waals surface area contributed by atoms with Gasteiger partial charge in [0.15, 0.2) is 5.82 Å². The number of aryl methyl sites for hydroxylation is 2. The second-order valence-electron chi connectivity index (χ2n) is 10.2. The van der Waals surface area contributed by atoms with Gasteiger partial charge >= 0.3 is 0 Å². The van der Waals surface area contributed by atoms with Crippen LogP contribution in [0.15, 0.2) is 47.3 Å². The molecule has 4 aromatic rings. The van der Waals surface area contributed by atoms with E-state index >= 15 is 0 Å². The van der Waals surface area contributed by atoms with Crippen LogP contribution in [-0.2, 0) is 24.4 Å². The fraction of sp³-hybridized carbons (Fsp3) is 0.448. The van der Waals surface area contributed by atoms with E-state index in [4.69, 9.17) is 9.47 Å². The van der Waals surface area contributed by atoms with Gasteiger partial charge in [0.05, 0.1) is 25.8 Å². The summed E-state index contributed by atoms with van der Waals surface area (Å²) in [6.07, 6.45) is 2.98. The Morgan fingerprint density at radius 1 is 1.16 bits per heavy atom. The van der Waals surface area contributed by atoms with Crippen LogP contribution in [0.4, 0.5) is 0 Å². The normalized spacial score (nSPS) is 16.4. The van der Waals surface area contributed by atoms with Crippen LogP contribution in [0.1, 0.15) is 60.3 Å². The summed E-state index contributed by atoms with van der Waals surface area (Å²) in [7, 11) is 1.66. The summed E-state index contributed by atoms with van der Waals surface area (Å²) < 4.78 is 13.1. The van der Waals surface area contributed by atoms with E-state index in [1.54, 1.807) is 7.11 Å². The molecule has 0 bridgehead atoms. The zero-order valence-corrected chi connectivity index (χ0v) is 22.6. The minimum absolute atomic E-state index is 0.0747. The molecule has 1 saturated heterocycles. The molecule has 9 heteroatoms. The number of fused-ring (bicyclic) bond motifs is 1. The van der Waals surface area contributed by atoms with Gasteiger partial charge in [-0.3, -0.25) is 9.69 Å². The lowest BCUT2D eigenvalue weighted by atomic mass is 10.0. The van der Waals surface area contributed by atoms with Crippen LogP contribution in [0.5, 0.6) is 5.75 Å². The van der Waals surface area contributed by atoms with Crippen LogP contribution >= 0.6 is 0 Å². The first-order valence-corrected chi connectivity index (χ1v) is 13.3. The molecule has 1 fully saturated rings. The third kappa shape index (κ3) is 5.63. The van der Waals surface area contributed by atoms with Crippen LogP contribution in [0.25, 0.3) is 10.9 Å². The lowest BCUT2D eigenvalue weighted by Crippen LogP contribution is -2.33. The minimum Gasteiger partial charge on any atom is -0.497 e. The number of aromatic amines is 1. The standard InChI is InChI=1S/C29H36N6O3/c1-5-27(28-31-32-33-35(28)18-25-7-6-12-38-25)34(16-21-8-10-24(37-4)11-9-21)17-23-15-22-13-19(2)20(3)14-26(22)30-29(23)36/h8-11,13-15,25,27H,5-7,12,16-18H2,1-4H3,(H,30,36). The molecule has 2 atom stereocenters. The second kappa shape index (κ2) is 11.4. The highest BCUT2D eigenvalue weighted by atomic mass is 16.5. The van der Waals surface area contributed by atoms with Gasteiger partial charge in [-0.15, -0.1) is 5.10 Å². The molecule has 0 spiro atoms. The summed E-state index contributed by atoms with van der Waals surface area (Å²) in [5.74, 6) is 1.60. The molecule has 1 N–H and O–H groups in total. The molecule has 2 aromatic heterocycles. The van der Waals surface area contributed by atoms with Crippen LogP contribution in [0.2, 0.25) is 0 Å². The first kappa shape index (κ1) is 26.1. The van der Waals surface area contributed by atoms with Crippen molar-refractivity contribution in [3.8, 4) is 5.75 Å². The molecule has 2 aromatic carbocycles. The topological polar surface area (TPSA) is 98.2 Å². The monoisotopic (exact) mass is 516 g/mol. The Labute approximate surface area is 222 Å². The quantitative estimate of drug-likeness (QED) is 0.332. The largest absolute Gasteiger partial charge is 0.497 e. The van der Waals surface area contributed by atoms with E-state index in [9.17, 15) is 4.79 Å². The van der Waals surface area contributed by atoms with Gasteiger partial charge in [0.1, 0.15) is 5.75 Å². The number of hydrogen-bond acceptors (Lipinski definition) is 7. The Morgan fingerprint density at radius 3 is 2.66 bits per heavy atom. The zero-order valence-electron chi connectivity index (χ0n) is 22.6. The van der Waals surface area contributed by atoms with E-state index in [2.05, 4.69) is 64.4 Å². The number of nitrogens with one attached hydrogen (secondary N) is 1. The molecule has 3 heterocycles. The zero-order chi connectivity index (χ0) is 26.6. The van der Waals surface area contributed by atoms with Crippen molar-refractivity contribution in [2.45, 2.75) is 71.8 Å². The molecule has 5 rings (SSSR count). The van der Waals surface area contributed by atoms with Crippen LogP contribution in [0, 0.1) is 13.8 Å². The van der Waals surface area contributed by atoms with Crippen molar-refractivity contribution in [1.82, 2.24) is 30.1 Å². The smallest absolute Gasteiger partial charge is 0.252 e. The predicted octanol–water partition coefficient (Wildman–Crippen LogP) is 4.47. The van der Waals surface area contributed by atoms with Crippen molar-refractivity contribution in [2.24, 2.45) is 0 Å². The molecule has 1 aliphatic heterocycles. The molecule has 0 amide bonds. The average molecular weight is 517 g/mol. The number of hydrogen-bond donors (Lipinski definition) is 1. The van der Waals surface area contributed by atoms with Crippen molar-refractivity contribution in [3.05, 3.63) is 80.9 Å². The molecule has 2 unspecified atom stereocenters. The molecular formula is C29H36N6O3. The summed E-state index contributed by atoms with van der Waals surface area (Å²) >= 11 is 0. The van der Waals surface area contributed by atoms with Crippen molar-refractivity contribution < 1.29 is 9.47 Å². The second-order valence-corrected chi connectivity index (χ2v) is 10.2. The summed E-state index contributed by atoms with van der Waals surface area (Å²) in [6.45, 7) is 8.78. The van der Waals surface area contributed by atoms with Crippen LogP contribution < -0.4 is 10.3 Å². The Kier molecular flexibility index (Phi) is 7.85. The van der Waals surface area contributed by atoms with Gasteiger partial charge in [0, 0.05) is 30.8 Å². The predicted molar refractivity (Wildman–Crippen MR) is 146 cm³/mol. The first-order valence-electron chi connectivity index (χ1n) is 13.3. The number of aromatic nitrogens is 5. The first-order chi connectivity index (χ1) is 18.4. The molecule has 1 aliphatic rings. The number of tetrazole rings is 1. The lowest BCUT2D eigenvalue weighted by molar-refractivity contribution is 0.0888. The molecule has 9 nitrogen and oxygen atoms in total. The molecular weight excluding hydrogens is 480 g/mol. The van der Waals surface area contributed by atoms with Gasteiger partial charge in [-0.2, -0.15) is 0 Å². The van der Waals surface area contributed by atoms with Crippen LogP contribution in [0.3, 0.4) is 0 Å². The molecule has 200 valence electrons. The number of methoxy groups -OCH3 is 1. The van der Waals surface area contributed by atoms with Gasteiger partial charge in [0.25, 0.3) is 5.56 Å². The summed E-state index contributed by atoms with van der Waals surface area (Å²) in [4.78, 5) is 18.6. The van der Waals surface area contributed by atoms with Gasteiger partial charge < -0.3 is 14.5 Å². The molecule has 0 radical (unpaired) electrons. The third-order valence-electron chi connectivity index (χ3n) is 7.54. The van der Waals surface area contributed by atoms with Gasteiger partial charge in [-0.1, -0.05) is 19.1 Å². The van der Waals surface area contributed by atoms with Crippen molar-refractivity contribution >= 4 is 10.9 Å². The lowest BCUT2D eigenvalue weighted by Gasteiger charge is -2.30. The third-order valence-corrected chi connectivity index (χ3v) is 7.54. The Balaban J connectivity index is 1.50. The Morgan fingerprint density at radius 2 is 1.95 bits per heavy atom. The van der Waals surface area contributed by atoms with E-state index in [-0.39, 0.29) is 17.7 Å². The summed E-state index contributed by atoms with van der Waals surface area (Å²) in [5.41, 5.74) is 4.97. The minimum atomic E-state index is -0.0941. The van der Waals surface area contributed by atoms with E-state index in [1.165, 1.54) is 5.56 Å². The SMILES string of the molecule is CCC(c1nnnn1CC1CCCO1)N(Cc1ccc(OC)cc1)Cc1cc2cc(C)c(C)cc2[nH]c1=O. The van der Waals surface area contributed by atoms with E-state index in [0.717, 1.165) is 59.5 Å². The fourth-order valence-corrected chi connectivity index (χ4v) is 5.27. The van der Waals surface area contributed by atoms with Gasteiger partial charge in [-0.05, 0) is 95.9 Å². The van der Waals surface area contributed by atoms with Gasteiger partial charge in [0.2, 0.25) is 0 Å². The fourth-order valence-electron chi connectivity index (χ4n) is 5.27. The summed E-state index contributed by atoms with van der Waals surface area (Å²) in [6, 6.07) is 14.1. The molecule has 0 aliphatic carbocycles. The average Bonchev–Trinajstić information content (AvgIpc) is 3.59. The number of rotatable bonds is 10. The molecule has 38 heavy (non-hydrogen) atoms. The maximum atomic E-state index is 13.2. The molecule has 0 saturated carbocycles. The highest BCUT2D eigenvalue weighted by Gasteiger charge is 2.28. The number of H-pyrrole nitrogens is 1. The Bertz CT molecular complexity index is 1440. The number of pyridine rings is 1. The summed E-state index contributed by atoms with van der Waals surface area (Å²) in [5, 5.41) is 13.8. The van der Waals surface area contributed by atoms with E-state index in [0.29, 0.717) is 25.2 Å². The van der Waals surface area contributed by atoms with Gasteiger partial charge in [-0.25, -0.2) is 4.68 Å². The highest BCUT2D eigenvalue weighted by Crippen LogP contribution is 2.28. The van der Waals surface area contributed by atoms with Crippen molar-refractivity contribution in [1.29, 1.82) is 0 Å². The maximum absolute atomic E-state index is 13.2. The maximum Gasteiger partial charge on any atom is 0.252 e. The highest BCUT2D eigenvalue weighted by molar-refractivity contribution is 5.80. The van der Waals surface area contributed by atoms with E-state index < -0.39 is 0 Å². The number of ether oxygens (including phenoxy) is 2. The number of benzene rings is 2.